The van der Waals surface area contributed by atoms with E-state index in [2.05, 4.69) is 314 Å². The first-order chi connectivity index (χ1) is 33.2. The highest BCUT2D eigenvalue weighted by molar-refractivity contribution is 7.20. The van der Waals surface area contributed by atoms with Crippen LogP contribution in [-0.2, 0) is 19.5 Å². The van der Waals surface area contributed by atoms with Crippen molar-refractivity contribution in [3.8, 4) is 0 Å². The normalized spacial score (nSPS) is 11.0. The van der Waals surface area contributed by atoms with Gasteiger partial charge in [-0.25, -0.2) is 0 Å². The van der Waals surface area contributed by atoms with Crippen LogP contribution >= 0.6 is 0 Å². The van der Waals surface area contributed by atoms with Gasteiger partial charge >= 0.3 is 0 Å². The van der Waals surface area contributed by atoms with Gasteiger partial charge in [0.1, 0.15) is 12.3 Å². The first kappa shape index (κ1) is 45.7. The number of benzene rings is 8. The Kier molecular flexibility index (Phi) is 15.6. The van der Waals surface area contributed by atoms with E-state index in [1.807, 2.05) is 0 Å². The number of aromatic nitrogens is 2. The van der Waals surface area contributed by atoms with Gasteiger partial charge in [0.05, 0.1) is 0 Å². The minimum atomic E-state index is -1.22. The van der Waals surface area contributed by atoms with E-state index >= 15 is 0 Å². The number of nitrogens with zero attached hydrogens (tertiary/aromatic N) is 2. The second kappa shape index (κ2) is 22.9. The molecule has 0 amide bonds. The van der Waals surface area contributed by atoms with Crippen molar-refractivity contribution >= 4 is 56.0 Å². The van der Waals surface area contributed by atoms with E-state index in [0.29, 0.717) is 0 Å². The monoisotopic (exact) mass is 866 g/mol. The molecule has 2 aromatic heterocycles. The highest BCUT2D eigenvalue weighted by Gasteiger charge is 2.32. The standard InChI is InChI=1S/2C24H20B.C15H20N2/c2*1-5-13-21(14-6-1)25(22-15-7-2-8-16-22,23-17-9-3-10-18-23)24-19-11-4-12-20-24;1-3-15-9-5-7-11-17(15)13-12-16-10-6-4-8-14(16)2/h2*1-20H;4-11H,3,12-13H2,1-2H3/q2*-1;+2. The molecule has 4 heteroatoms. The zero-order valence-electron chi connectivity index (χ0n) is 38.9. The molecule has 0 N–H and O–H groups in total. The van der Waals surface area contributed by atoms with Crippen molar-refractivity contribution in [2.75, 3.05) is 0 Å². The van der Waals surface area contributed by atoms with Gasteiger partial charge < -0.3 is 0 Å². The maximum absolute atomic E-state index is 2.33. The van der Waals surface area contributed by atoms with E-state index in [4.69, 9.17) is 0 Å². The number of hydrogen-bond donors (Lipinski definition) is 0. The molecule has 0 radical (unpaired) electrons. The molecule has 0 atom stereocenters. The third-order valence-electron chi connectivity index (χ3n) is 13.5. The van der Waals surface area contributed by atoms with E-state index in [1.165, 1.54) is 55.1 Å². The van der Waals surface area contributed by atoms with Crippen molar-refractivity contribution in [3.63, 3.8) is 0 Å². The average Bonchev–Trinajstić information content (AvgIpc) is 3.42. The molecule has 2 heterocycles. The number of rotatable bonds is 12. The van der Waals surface area contributed by atoms with Crippen molar-refractivity contribution in [1.82, 2.24) is 0 Å². The molecule has 67 heavy (non-hydrogen) atoms. The maximum Gasteiger partial charge on any atom is 0.206 e. The van der Waals surface area contributed by atoms with Gasteiger partial charge in [0.15, 0.2) is 23.8 Å². The summed E-state index contributed by atoms with van der Waals surface area (Å²) in [6.45, 7) is 6.40. The minimum absolute atomic E-state index is 1.02. The topological polar surface area (TPSA) is 7.76 Å². The lowest BCUT2D eigenvalue weighted by atomic mass is 9.13. The van der Waals surface area contributed by atoms with Crippen LogP contribution in [-0.4, -0.2) is 12.3 Å². The molecule has 10 aromatic rings. The fraction of sp³-hybridized carbons (Fsp3) is 0.0794. The van der Waals surface area contributed by atoms with Gasteiger partial charge in [-0.1, -0.05) is 262 Å². The molecule has 328 valence electrons. The van der Waals surface area contributed by atoms with Gasteiger partial charge in [0.25, 0.3) is 0 Å². The summed E-state index contributed by atoms with van der Waals surface area (Å²) < 4.78 is 4.62. The quantitative estimate of drug-likeness (QED) is 0.0871. The average molecular weight is 867 g/mol. The van der Waals surface area contributed by atoms with Crippen molar-refractivity contribution < 1.29 is 9.13 Å². The molecule has 0 aliphatic heterocycles. The Morgan fingerprint density at radius 3 is 0.746 bits per heavy atom. The predicted molar refractivity (Wildman–Crippen MR) is 288 cm³/mol. The Balaban J connectivity index is 0.000000139. The summed E-state index contributed by atoms with van der Waals surface area (Å²) in [5, 5.41) is 0. The summed E-state index contributed by atoms with van der Waals surface area (Å²) in [4.78, 5) is 0. The van der Waals surface area contributed by atoms with Gasteiger partial charge in [-0.2, -0.15) is 52.8 Å². The van der Waals surface area contributed by atoms with Crippen molar-refractivity contribution in [3.05, 3.63) is 303 Å². The summed E-state index contributed by atoms with van der Waals surface area (Å²) >= 11 is 0. The summed E-state index contributed by atoms with van der Waals surface area (Å²) in [5.41, 5.74) is 13.4. The van der Waals surface area contributed by atoms with Crippen LogP contribution in [0.1, 0.15) is 18.3 Å². The van der Waals surface area contributed by atoms with E-state index in [9.17, 15) is 0 Å². The zero-order chi connectivity index (χ0) is 46.0. The lowest BCUT2D eigenvalue weighted by Gasteiger charge is -2.44. The lowest BCUT2D eigenvalue weighted by molar-refractivity contribution is -0.784. The smallest absolute Gasteiger partial charge is 0.196 e. The maximum atomic E-state index is 2.33. The Bertz CT molecular complexity index is 2480. The fourth-order valence-corrected chi connectivity index (χ4v) is 10.3. The number of hydrogen-bond acceptors (Lipinski definition) is 0. The number of pyridine rings is 2. The highest BCUT2D eigenvalue weighted by Crippen LogP contribution is 2.11. The molecule has 0 spiro atoms. The largest absolute Gasteiger partial charge is 0.206 e. The van der Waals surface area contributed by atoms with Crippen LogP contribution in [0.2, 0.25) is 0 Å². The first-order valence-electron chi connectivity index (χ1n) is 23.8. The molecule has 0 aliphatic carbocycles. The van der Waals surface area contributed by atoms with Crippen LogP contribution < -0.4 is 52.8 Å². The molecule has 0 fully saturated rings. The second-order valence-corrected chi connectivity index (χ2v) is 17.3. The molecule has 0 aliphatic rings. The summed E-state index contributed by atoms with van der Waals surface area (Å²) in [6.07, 6.45) is 2.96. The van der Waals surface area contributed by atoms with Gasteiger partial charge in [-0.15, -0.1) is 0 Å². The van der Waals surface area contributed by atoms with E-state index in [1.54, 1.807) is 0 Å². The summed E-state index contributed by atoms with van der Waals surface area (Å²) in [7, 11) is 0. The van der Waals surface area contributed by atoms with Crippen molar-refractivity contribution in [2.45, 2.75) is 33.4 Å². The third-order valence-corrected chi connectivity index (χ3v) is 13.5. The number of aryl methyl sites for hydroxylation is 4. The van der Waals surface area contributed by atoms with E-state index in [-0.39, 0.29) is 0 Å². The molecular weight excluding hydrogens is 806 g/mol. The van der Waals surface area contributed by atoms with Crippen LogP contribution in [0.15, 0.2) is 291 Å². The molecule has 0 bridgehead atoms. The fourth-order valence-electron chi connectivity index (χ4n) is 10.3. The Labute approximate surface area is 399 Å². The summed E-state index contributed by atoms with van der Waals surface area (Å²) in [6, 6.07) is 99.8. The Morgan fingerprint density at radius 2 is 0.493 bits per heavy atom. The SMILES string of the molecule is CCc1cccc[n+]1CC[n+]1ccccc1C.c1ccc([B-](c2ccccc2)(c2ccccc2)c2ccccc2)cc1.c1ccc([B-](c2ccccc2)(c2ccccc2)c2ccccc2)cc1. The molecule has 0 saturated heterocycles. The highest BCUT2D eigenvalue weighted by atomic mass is 15.0. The van der Waals surface area contributed by atoms with Crippen LogP contribution in [0.25, 0.3) is 0 Å². The lowest BCUT2D eigenvalue weighted by Crippen LogP contribution is -2.74. The minimum Gasteiger partial charge on any atom is -0.196 e. The van der Waals surface area contributed by atoms with E-state index < -0.39 is 12.3 Å². The predicted octanol–water partition coefficient (Wildman–Crippen LogP) is 7.96. The molecular formula is C63H60B2N2. The molecule has 8 aromatic carbocycles. The Hall–Kier alpha value is -7.81. The van der Waals surface area contributed by atoms with E-state index in [0.717, 1.165) is 19.5 Å². The Morgan fingerprint density at radius 1 is 0.269 bits per heavy atom. The third kappa shape index (κ3) is 10.4. The van der Waals surface area contributed by atoms with Crippen LogP contribution in [0.4, 0.5) is 0 Å². The van der Waals surface area contributed by atoms with Crippen LogP contribution in [0, 0.1) is 6.92 Å². The van der Waals surface area contributed by atoms with Gasteiger partial charge in [0.2, 0.25) is 13.1 Å². The van der Waals surface area contributed by atoms with Gasteiger partial charge in [0, 0.05) is 37.6 Å². The van der Waals surface area contributed by atoms with Gasteiger partial charge in [-0.05, 0) is 0 Å². The molecule has 10 rings (SSSR count). The van der Waals surface area contributed by atoms with Crippen LogP contribution in [0.5, 0.6) is 0 Å². The first-order valence-corrected chi connectivity index (χ1v) is 23.8. The van der Waals surface area contributed by atoms with Crippen molar-refractivity contribution in [1.29, 1.82) is 0 Å². The zero-order valence-corrected chi connectivity index (χ0v) is 38.9. The molecule has 0 unspecified atom stereocenters. The second-order valence-electron chi connectivity index (χ2n) is 17.3. The van der Waals surface area contributed by atoms with Crippen LogP contribution in [0.3, 0.4) is 0 Å². The van der Waals surface area contributed by atoms with Gasteiger partial charge in [-0.3, -0.25) is 0 Å². The van der Waals surface area contributed by atoms with Crippen molar-refractivity contribution in [2.24, 2.45) is 0 Å². The molecule has 2 nitrogen and oxygen atoms in total. The molecule has 0 saturated carbocycles. The summed E-state index contributed by atoms with van der Waals surface area (Å²) in [5.74, 6) is 0.